The number of carbonyl (C=O) groups excluding carboxylic acids is 1. The smallest absolute Gasteiger partial charge is 0.252 e. The van der Waals surface area contributed by atoms with E-state index in [2.05, 4.69) is 20.6 Å². The van der Waals surface area contributed by atoms with Gasteiger partial charge in [-0.2, -0.15) is 0 Å². The first-order chi connectivity index (χ1) is 10.3. The summed E-state index contributed by atoms with van der Waals surface area (Å²) >= 11 is 0. The molecule has 1 atom stereocenters. The largest absolute Gasteiger partial charge is 0.347 e. The van der Waals surface area contributed by atoms with E-state index in [0.29, 0.717) is 0 Å². The van der Waals surface area contributed by atoms with E-state index in [1.165, 1.54) is 0 Å². The highest BCUT2D eigenvalue weighted by atomic mass is 16.1. The number of benzene rings is 1. The molecular formula is C16H22N4O. The number of nitrogens with zero attached hydrogens (tertiary/aromatic N) is 1. The SMILES string of the molecule is CCC(NC(=O)c1ccccc1CCNC)c1ncc[nH]1. The Hall–Kier alpha value is -2.14. The monoisotopic (exact) mass is 286 g/mol. The van der Waals surface area contributed by atoms with Gasteiger partial charge in [-0.3, -0.25) is 4.79 Å². The van der Waals surface area contributed by atoms with E-state index in [4.69, 9.17) is 0 Å². The van der Waals surface area contributed by atoms with Crippen molar-refractivity contribution in [2.24, 2.45) is 0 Å². The number of hydrogen-bond donors (Lipinski definition) is 3. The third-order valence-corrected chi connectivity index (χ3v) is 3.47. The van der Waals surface area contributed by atoms with Crippen LogP contribution in [0.1, 0.15) is 41.1 Å². The van der Waals surface area contributed by atoms with Crippen LogP contribution in [0.2, 0.25) is 0 Å². The molecule has 2 rings (SSSR count). The Morgan fingerprint density at radius 3 is 2.86 bits per heavy atom. The number of hydrogen-bond acceptors (Lipinski definition) is 3. The van der Waals surface area contributed by atoms with Crippen molar-refractivity contribution in [3.63, 3.8) is 0 Å². The van der Waals surface area contributed by atoms with Gasteiger partial charge in [0.15, 0.2) is 0 Å². The van der Waals surface area contributed by atoms with Crippen LogP contribution in [0.4, 0.5) is 0 Å². The number of nitrogens with one attached hydrogen (secondary N) is 3. The molecule has 0 aliphatic rings. The van der Waals surface area contributed by atoms with Gasteiger partial charge in [0.2, 0.25) is 0 Å². The maximum atomic E-state index is 12.5. The van der Waals surface area contributed by atoms with Gasteiger partial charge in [0.05, 0.1) is 6.04 Å². The van der Waals surface area contributed by atoms with Crippen LogP contribution in [0.3, 0.4) is 0 Å². The number of imidazole rings is 1. The third kappa shape index (κ3) is 3.92. The number of aromatic amines is 1. The summed E-state index contributed by atoms with van der Waals surface area (Å²) in [5.41, 5.74) is 1.79. The van der Waals surface area contributed by atoms with Crippen molar-refractivity contribution in [1.29, 1.82) is 0 Å². The predicted molar refractivity (Wildman–Crippen MR) is 83.2 cm³/mol. The summed E-state index contributed by atoms with van der Waals surface area (Å²) in [5.74, 6) is 0.739. The van der Waals surface area contributed by atoms with Gasteiger partial charge < -0.3 is 15.6 Å². The topological polar surface area (TPSA) is 69.8 Å². The molecule has 0 aliphatic heterocycles. The zero-order chi connectivity index (χ0) is 15.1. The first-order valence-corrected chi connectivity index (χ1v) is 7.29. The van der Waals surface area contributed by atoms with Gasteiger partial charge in [0.25, 0.3) is 5.91 Å². The van der Waals surface area contributed by atoms with Crippen molar-refractivity contribution < 1.29 is 4.79 Å². The van der Waals surface area contributed by atoms with Crippen LogP contribution in [0, 0.1) is 0 Å². The van der Waals surface area contributed by atoms with Crippen molar-refractivity contribution >= 4 is 5.91 Å². The van der Waals surface area contributed by atoms with Crippen LogP contribution < -0.4 is 10.6 Å². The molecule has 21 heavy (non-hydrogen) atoms. The fourth-order valence-corrected chi connectivity index (χ4v) is 2.29. The van der Waals surface area contributed by atoms with E-state index in [9.17, 15) is 4.79 Å². The van der Waals surface area contributed by atoms with Crippen molar-refractivity contribution in [1.82, 2.24) is 20.6 Å². The lowest BCUT2D eigenvalue weighted by molar-refractivity contribution is 0.0933. The quantitative estimate of drug-likeness (QED) is 0.729. The van der Waals surface area contributed by atoms with Crippen LogP contribution in [-0.2, 0) is 6.42 Å². The Morgan fingerprint density at radius 2 is 2.19 bits per heavy atom. The molecule has 1 amide bonds. The molecule has 1 aromatic heterocycles. The molecule has 1 heterocycles. The van der Waals surface area contributed by atoms with Gasteiger partial charge >= 0.3 is 0 Å². The van der Waals surface area contributed by atoms with E-state index in [-0.39, 0.29) is 11.9 Å². The maximum absolute atomic E-state index is 12.5. The second kappa shape index (κ2) is 7.59. The van der Waals surface area contributed by atoms with E-state index in [0.717, 1.165) is 36.3 Å². The molecular weight excluding hydrogens is 264 g/mol. The zero-order valence-corrected chi connectivity index (χ0v) is 12.5. The lowest BCUT2D eigenvalue weighted by Gasteiger charge is -2.16. The summed E-state index contributed by atoms with van der Waals surface area (Å²) in [6.45, 7) is 2.88. The highest BCUT2D eigenvalue weighted by molar-refractivity contribution is 5.95. The van der Waals surface area contributed by atoms with Gasteiger partial charge in [-0.1, -0.05) is 25.1 Å². The summed E-state index contributed by atoms with van der Waals surface area (Å²) in [7, 11) is 1.91. The molecule has 1 aromatic carbocycles. The lowest BCUT2D eigenvalue weighted by atomic mass is 10.0. The molecule has 0 bridgehead atoms. The molecule has 0 spiro atoms. The summed E-state index contributed by atoms with van der Waals surface area (Å²) in [6, 6.07) is 7.64. The minimum Gasteiger partial charge on any atom is -0.347 e. The molecule has 5 nitrogen and oxygen atoms in total. The minimum absolute atomic E-state index is 0.0510. The van der Waals surface area contributed by atoms with Gasteiger partial charge in [-0.25, -0.2) is 4.98 Å². The molecule has 0 saturated carbocycles. The zero-order valence-electron chi connectivity index (χ0n) is 12.5. The number of amides is 1. The minimum atomic E-state index is -0.0927. The third-order valence-electron chi connectivity index (χ3n) is 3.47. The average molecular weight is 286 g/mol. The van der Waals surface area contributed by atoms with Crippen LogP contribution >= 0.6 is 0 Å². The number of likely N-dealkylation sites (N-methyl/N-ethyl adjacent to an activating group) is 1. The van der Waals surface area contributed by atoms with Gasteiger partial charge in [-0.05, 0) is 38.1 Å². The standard InChI is InChI=1S/C16H22N4O/c1-3-14(15-18-10-11-19-15)20-16(21)13-7-5-4-6-12(13)8-9-17-2/h4-7,10-11,14,17H,3,8-9H2,1-2H3,(H,18,19)(H,20,21). The maximum Gasteiger partial charge on any atom is 0.252 e. The van der Waals surface area contributed by atoms with E-state index < -0.39 is 0 Å². The number of rotatable bonds is 7. The van der Waals surface area contributed by atoms with Crippen molar-refractivity contribution in [2.45, 2.75) is 25.8 Å². The Bertz CT molecular complexity index is 565. The lowest BCUT2D eigenvalue weighted by Crippen LogP contribution is -2.30. The van der Waals surface area contributed by atoms with Crippen LogP contribution in [0.25, 0.3) is 0 Å². The fourth-order valence-electron chi connectivity index (χ4n) is 2.29. The highest BCUT2D eigenvalue weighted by Crippen LogP contribution is 2.15. The molecule has 3 N–H and O–H groups in total. The summed E-state index contributed by atoms with van der Waals surface area (Å²) in [4.78, 5) is 19.8. The first kappa shape index (κ1) is 15.3. The summed E-state index contributed by atoms with van der Waals surface area (Å²) in [5, 5.41) is 6.16. The Morgan fingerprint density at radius 1 is 1.38 bits per heavy atom. The van der Waals surface area contributed by atoms with Crippen molar-refractivity contribution in [3.8, 4) is 0 Å². The van der Waals surface area contributed by atoms with Crippen LogP contribution in [0.5, 0.6) is 0 Å². The second-order valence-electron chi connectivity index (χ2n) is 4.92. The Balaban J connectivity index is 2.12. The van der Waals surface area contributed by atoms with Crippen molar-refractivity contribution in [3.05, 3.63) is 53.6 Å². The molecule has 0 saturated heterocycles. The van der Waals surface area contributed by atoms with Crippen molar-refractivity contribution in [2.75, 3.05) is 13.6 Å². The molecule has 2 aromatic rings. The molecule has 0 radical (unpaired) electrons. The molecule has 0 fully saturated rings. The van der Waals surface area contributed by atoms with E-state index >= 15 is 0 Å². The first-order valence-electron chi connectivity index (χ1n) is 7.29. The summed E-state index contributed by atoms with van der Waals surface area (Å²) in [6.07, 6.45) is 5.09. The molecule has 112 valence electrons. The second-order valence-corrected chi connectivity index (χ2v) is 4.92. The Labute approximate surface area is 125 Å². The van der Waals surface area contributed by atoms with Gasteiger partial charge in [0, 0.05) is 18.0 Å². The fraction of sp³-hybridized carbons (Fsp3) is 0.375. The number of H-pyrrole nitrogens is 1. The molecule has 5 heteroatoms. The van der Waals surface area contributed by atoms with Crippen LogP contribution in [-0.4, -0.2) is 29.5 Å². The van der Waals surface area contributed by atoms with E-state index in [1.54, 1.807) is 12.4 Å². The molecule has 1 unspecified atom stereocenters. The normalized spacial score (nSPS) is 12.1. The average Bonchev–Trinajstić information content (AvgIpc) is 3.04. The highest BCUT2D eigenvalue weighted by Gasteiger charge is 2.17. The van der Waals surface area contributed by atoms with Crippen LogP contribution in [0.15, 0.2) is 36.7 Å². The number of carbonyl (C=O) groups is 1. The van der Waals surface area contributed by atoms with Gasteiger partial charge in [-0.15, -0.1) is 0 Å². The summed E-state index contributed by atoms with van der Waals surface area (Å²) < 4.78 is 0. The Kier molecular flexibility index (Phi) is 5.51. The van der Waals surface area contributed by atoms with Gasteiger partial charge in [0.1, 0.15) is 5.82 Å². The predicted octanol–water partition coefficient (Wildman–Crippen LogP) is 2.05. The molecule has 0 aliphatic carbocycles. The number of aromatic nitrogens is 2. The van der Waals surface area contributed by atoms with E-state index in [1.807, 2.05) is 38.2 Å².